The molecule has 1 aliphatic carbocycles. The van der Waals surface area contributed by atoms with Gasteiger partial charge in [0.1, 0.15) is 0 Å². The highest BCUT2D eigenvalue weighted by molar-refractivity contribution is 5.05. The summed E-state index contributed by atoms with van der Waals surface area (Å²) in [5.41, 5.74) is 0.672. The van der Waals surface area contributed by atoms with E-state index in [0.29, 0.717) is 5.41 Å². The molecule has 4 unspecified atom stereocenters. The molecule has 0 spiro atoms. The molecule has 0 heterocycles. The minimum atomic E-state index is 0.672. The van der Waals surface area contributed by atoms with Crippen LogP contribution in [0.1, 0.15) is 59.8 Å². The molecule has 1 fully saturated rings. The van der Waals surface area contributed by atoms with Gasteiger partial charge in [0, 0.05) is 0 Å². The van der Waals surface area contributed by atoms with E-state index < -0.39 is 0 Å². The Morgan fingerprint density at radius 2 is 2.07 bits per heavy atom. The smallest absolute Gasteiger partial charge is 0.0233 e. The van der Waals surface area contributed by atoms with Crippen molar-refractivity contribution in [2.45, 2.75) is 59.8 Å². The molecule has 88 valence electrons. The van der Waals surface area contributed by atoms with Crippen LogP contribution < -0.4 is 0 Å². The SMILES string of the molecule is C=CC(CC)CC1(C(C)CCC)CC1C. The molecule has 1 saturated carbocycles. The van der Waals surface area contributed by atoms with Gasteiger partial charge in [0.15, 0.2) is 0 Å². The van der Waals surface area contributed by atoms with Crippen LogP contribution in [0.5, 0.6) is 0 Å². The average molecular weight is 208 g/mol. The third-order valence-electron chi connectivity index (χ3n) is 4.71. The summed E-state index contributed by atoms with van der Waals surface area (Å²) in [6.45, 7) is 13.5. The standard InChI is InChI=1S/C15H28/c1-6-9-12(4)15(10-13(15)5)11-14(7-2)8-3/h7,12-14H,2,6,8-11H2,1,3-5H3. The van der Waals surface area contributed by atoms with Crippen molar-refractivity contribution >= 4 is 0 Å². The van der Waals surface area contributed by atoms with Gasteiger partial charge in [-0.15, -0.1) is 6.58 Å². The summed E-state index contributed by atoms with van der Waals surface area (Å²) in [4.78, 5) is 0. The Kier molecular flexibility index (Phi) is 4.43. The van der Waals surface area contributed by atoms with Gasteiger partial charge in [-0.1, -0.05) is 46.6 Å². The molecule has 0 aromatic carbocycles. The fourth-order valence-electron chi connectivity index (χ4n) is 3.29. The third-order valence-corrected chi connectivity index (χ3v) is 4.71. The molecule has 0 aromatic heterocycles. The van der Waals surface area contributed by atoms with E-state index in [2.05, 4.69) is 40.3 Å². The Labute approximate surface area is 96.2 Å². The zero-order chi connectivity index (χ0) is 11.5. The fourth-order valence-corrected chi connectivity index (χ4v) is 3.29. The van der Waals surface area contributed by atoms with Crippen LogP contribution in [-0.2, 0) is 0 Å². The summed E-state index contributed by atoms with van der Waals surface area (Å²) in [7, 11) is 0. The number of hydrogen-bond acceptors (Lipinski definition) is 0. The van der Waals surface area contributed by atoms with Crippen molar-refractivity contribution in [3.8, 4) is 0 Å². The maximum absolute atomic E-state index is 3.97. The molecule has 0 aromatic rings. The molecule has 15 heavy (non-hydrogen) atoms. The molecule has 4 atom stereocenters. The quantitative estimate of drug-likeness (QED) is 0.513. The first kappa shape index (κ1) is 12.8. The largest absolute Gasteiger partial charge is 0.103 e. The van der Waals surface area contributed by atoms with E-state index >= 15 is 0 Å². The lowest BCUT2D eigenvalue weighted by Gasteiger charge is -2.27. The van der Waals surface area contributed by atoms with Crippen molar-refractivity contribution in [2.75, 3.05) is 0 Å². The van der Waals surface area contributed by atoms with Gasteiger partial charge in [-0.3, -0.25) is 0 Å². The van der Waals surface area contributed by atoms with Crippen LogP contribution in [0.15, 0.2) is 12.7 Å². The summed E-state index contributed by atoms with van der Waals surface area (Å²) >= 11 is 0. The van der Waals surface area contributed by atoms with E-state index in [0.717, 1.165) is 17.8 Å². The zero-order valence-corrected chi connectivity index (χ0v) is 11.1. The van der Waals surface area contributed by atoms with E-state index in [-0.39, 0.29) is 0 Å². The number of allylic oxidation sites excluding steroid dienone is 1. The molecule has 0 saturated heterocycles. The highest BCUT2D eigenvalue weighted by atomic mass is 14.6. The summed E-state index contributed by atoms with van der Waals surface area (Å²) in [6, 6.07) is 0. The van der Waals surface area contributed by atoms with Crippen LogP contribution in [0.4, 0.5) is 0 Å². The van der Waals surface area contributed by atoms with Crippen LogP contribution in [0.2, 0.25) is 0 Å². The second-order valence-corrected chi connectivity index (χ2v) is 5.64. The van der Waals surface area contributed by atoms with Crippen LogP contribution in [0.25, 0.3) is 0 Å². The zero-order valence-electron chi connectivity index (χ0n) is 11.1. The monoisotopic (exact) mass is 208 g/mol. The first-order chi connectivity index (χ1) is 7.10. The topological polar surface area (TPSA) is 0 Å². The van der Waals surface area contributed by atoms with E-state index in [1.165, 1.54) is 32.1 Å². The van der Waals surface area contributed by atoms with Crippen LogP contribution in [0, 0.1) is 23.2 Å². The van der Waals surface area contributed by atoms with E-state index in [9.17, 15) is 0 Å². The van der Waals surface area contributed by atoms with Crippen LogP contribution >= 0.6 is 0 Å². The predicted octanol–water partition coefficient (Wildman–Crippen LogP) is 5.05. The van der Waals surface area contributed by atoms with Crippen molar-refractivity contribution in [1.82, 2.24) is 0 Å². The molecule has 0 heteroatoms. The lowest BCUT2D eigenvalue weighted by molar-refractivity contribution is 0.239. The van der Waals surface area contributed by atoms with E-state index in [1.54, 1.807) is 0 Å². The molecule has 1 rings (SSSR count). The Morgan fingerprint density at radius 1 is 1.47 bits per heavy atom. The molecular formula is C15H28. The van der Waals surface area contributed by atoms with Gasteiger partial charge >= 0.3 is 0 Å². The second kappa shape index (κ2) is 5.18. The lowest BCUT2D eigenvalue weighted by atomic mass is 9.78. The highest BCUT2D eigenvalue weighted by Gasteiger charge is 2.54. The average Bonchev–Trinajstić information content (AvgIpc) is 2.87. The van der Waals surface area contributed by atoms with Crippen molar-refractivity contribution in [3.05, 3.63) is 12.7 Å². The van der Waals surface area contributed by atoms with Gasteiger partial charge in [-0.25, -0.2) is 0 Å². The molecule has 0 N–H and O–H groups in total. The maximum Gasteiger partial charge on any atom is -0.0233 e. The second-order valence-electron chi connectivity index (χ2n) is 5.64. The molecule has 1 aliphatic rings. The molecule has 0 amide bonds. The predicted molar refractivity (Wildman–Crippen MR) is 68.9 cm³/mol. The van der Waals surface area contributed by atoms with Crippen LogP contribution in [-0.4, -0.2) is 0 Å². The van der Waals surface area contributed by atoms with Crippen molar-refractivity contribution < 1.29 is 0 Å². The van der Waals surface area contributed by atoms with Gasteiger partial charge in [-0.2, -0.15) is 0 Å². The normalized spacial score (nSPS) is 33.5. The number of rotatable bonds is 7. The van der Waals surface area contributed by atoms with Gasteiger partial charge in [0.05, 0.1) is 0 Å². The summed E-state index contributed by atoms with van der Waals surface area (Å²) < 4.78 is 0. The van der Waals surface area contributed by atoms with Gasteiger partial charge in [0.25, 0.3) is 0 Å². The summed E-state index contributed by atoms with van der Waals surface area (Å²) in [5, 5.41) is 0. The minimum Gasteiger partial charge on any atom is -0.103 e. The Morgan fingerprint density at radius 3 is 2.40 bits per heavy atom. The van der Waals surface area contributed by atoms with Crippen molar-refractivity contribution in [2.24, 2.45) is 23.2 Å². The fraction of sp³-hybridized carbons (Fsp3) is 0.867. The van der Waals surface area contributed by atoms with E-state index in [4.69, 9.17) is 0 Å². The number of hydrogen-bond donors (Lipinski definition) is 0. The van der Waals surface area contributed by atoms with Crippen molar-refractivity contribution in [3.63, 3.8) is 0 Å². The summed E-state index contributed by atoms with van der Waals surface area (Å²) in [6.07, 6.45) is 9.01. The first-order valence-corrected chi connectivity index (χ1v) is 6.73. The van der Waals surface area contributed by atoms with Gasteiger partial charge < -0.3 is 0 Å². The molecule has 0 bridgehead atoms. The Hall–Kier alpha value is -0.260. The van der Waals surface area contributed by atoms with Gasteiger partial charge in [-0.05, 0) is 42.4 Å². The Bertz CT molecular complexity index is 206. The highest BCUT2D eigenvalue weighted by Crippen LogP contribution is 2.62. The molecule has 0 radical (unpaired) electrons. The van der Waals surface area contributed by atoms with Crippen molar-refractivity contribution in [1.29, 1.82) is 0 Å². The maximum atomic E-state index is 3.97. The Balaban J connectivity index is 2.57. The minimum absolute atomic E-state index is 0.672. The molecule has 0 aliphatic heterocycles. The first-order valence-electron chi connectivity index (χ1n) is 6.73. The third kappa shape index (κ3) is 2.65. The van der Waals surface area contributed by atoms with E-state index in [1.807, 2.05) is 0 Å². The molecular weight excluding hydrogens is 180 g/mol. The van der Waals surface area contributed by atoms with Crippen LogP contribution in [0.3, 0.4) is 0 Å². The summed E-state index contributed by atoms with van der Waals surface area (Å²) in [5.74, 6) is 2.61. The van der Waals surface area contributed by atoms with Gasteiger partial charge in [0.2, 0.25) is 0 Å². The lowest BCUT2D eigenvalue weighted by Crippen LogP contribution is -2.18. The molecule has 0 nitrogen and oxygen atoms in total.